The zero-order valence-electron chi connectivity index (χ0n) is 12.2. The number of hydrogen-bond donors (Lipinski definition) is 2. The van der Waals surface area contributed by atoms with Gasteiger partial charge in [-0.15, -0.1) is 0 Å². The van der Waals surface area contributed by atoms with E-state index in [4.69, 9.17) is 4.74 Å². The van der Waals surface area contributed by atoms with Gasteiger partial charge in [-0.1, -0.05) is 19.4 Å². The molecular formula is C15H21N3O3. The summed E-state index contributed by atoms with van der Waals surface area (Å²) in [5.41, 5.74) is 0.931. The van der Waals surface area contributed by atoms with E-state index in [1.807, 2.05) is 25.1 Å². The summed E-state index contributed by atoms with van der Waals surface area (Å²) < 4.78 is 4.92. The van der Waals surface area contributed by atoms with Crippen LogP contribution in [0.3, 0.4) is 0 Å². The zero-order valence-corrected chi connectivity index (χ0v) is 12.2. The summed E-state index contributed by atoms with van der Waals surface area (Å²) in [4.78, 5) is 28.0. The van der Waals surface area contributed by atoms with Crippen LogP contribution in [0.4, 0.5) is 0 Å². The van der Waals surface area contributed by atoms with Crippen LogP contribution in [0.5, 0.6) is 0 Å². The molecule has 0 aliphatic carbocycles. The maximum absolute atomic E-state index is 12.1. The second-order valence-electron chi connectivity index (χ2n) is 5.03. The Hall–Kier alpha value is -1.95. The van der Waals surface area contributed by atoms with Crippen LogP contribution in [0, 0.1) is 0 Å². The van der Waals surface area contributed by atoms with Gasteiger partial charge in [0.25, 0.3) is 5.91 Å². The Morgan fingerprint density at radius 2 is 2.29 bits per heavy atom. The summed E-state index contributed by atoms with van der Waals surface area (Å²) in [6.45, 7) is 2.94. The molecule has 1 aliphatic rings. The molecule has 1 saturated heterocycles. The topological polar surface area (TPSA) is 83.6 Å². The third kappa shape index (κ3) is 5.15. The highest BCUT2D eigenvalue weighted by Crippen LogP contribution is 2.09. The van der Waals surface area contributed by atoms with Crippen molar-refractivity contribution >= 4 is 11.8 Å². The van der Waals surface area contributed by atoms with Crippen molar-refractivity contribution in [3.63, 3.8) is 0 Å². The Balaban J connectivity index is 1.76. The molecule has 0 aromatic carbocycles. The van der Waals surface area contributed by atoms with Crippen LogP contribution in [0.2, 0.25) is 0 Å². The van der Waals surface area contributed by atoms with E-state index in [9.17, 15) is 9.59 Å². The van der Waals surface area contributed by atoms with Crippen molar-refractivity contribution in [1.82, 2.24) is 15.6 Å². The Morgan fingerprint density at radius 1 is 1.48 bits per heavy atom. The number of pyridine rings is 1. The first-order valence-electron chi connectivity index (χ1n) is 7.30. The molecule has 6 nitrogen and oxygen atoms in total. The molecule has 1 aromatic heterocycles. The molecule has 0 radical (unpaired) electrons. The fourth-order valence-electron chi connectivity index (χ4n) is 2.00. The SMILES string of the molecule is CCC[C@H](NC(=O)C1CO1)C(=O)NCCc1ccccn1. The van der Waals surface area contributed by atoms with Crippen molar-refractivity contribution in [3.05, 3.63) is 30.1 Å². The van der Waals surface area contributed by atoms with Crippen LogP contribution >= 0.6 is 0 Å². The van der Waals surface area contributed by atoms with Gasteiger partial charge in [-0.2, -0.15) is 0 Å². The molecule has 6 heteroatoms. The number of ether oxygens (including phenoxy) is 1. The van der Waals surface area contributed by atoms with Gasteiger partial charge >= 0.3 is 0 Å². The monoisotopic (exact) mass is 291 g/mol. The lowest BCUT2D eigenvalue weighted by Crippen LogP contribution is -2.48. The van der Waals surface area contributed by atoms with Gasteiger partial charge in [-0.3, -0.25) is 14.6 Å². The molecule has 21 heavy (non-hydrogen) atoms. The van der Waals surface area contributed by atoms with Crippen LogP contribution in [0.1, 0.15) is 25.5 Å². The minimum Gasteiger partial charge on any atom is -0.363 e. The van der Waals surface area contributed by atoms with E-state index in [0.717, 1.165) is 12.1 Å². The number of nitrogens with one attached hydrogen (secondary N) is 2. The molecule has 114 valence electrons. The molecular weight excluding hydrogens is 270 g/mol. The lowest BCUT2D eigenvalue weighted by Gasteiger charge is -2.17. The minimum absolute atomic E-state index is 0.151. The molecule has 1 aromatic rings. The van der Waals surface area contributed by atoms with Crippen molar-refractivity contribution in [2.75, 3.05) is 13.2 Å². The lowest BCUT2D eigenvalue weighted by atomic mass is 10.1. The van der Waals surface area contributed by atoms with Gasteiger partial charge in [0.15, 0.2) is 6.10 Å². The maximum Gasteiger partial charge on any atom is 0.252 e. The first-order chi connectivity index (χ1) is 10.2. The lowest BCUT2D eigenvalue weighted by molar-refractivity contribution is -0.129. The van der Waals surface area contributed by atoms with E-state index < -0.39 is 6.04 Å². The molecule has 2 atom stereocenters. The molecule has 2 heterocycles. The number of nitrogens with zero attached hydrogens (tertiary/aromatic N) is 1. The number of epoxide rings is 1. The van der Waals surface area contributed by atoms with Crippen molar-refractivity contribution < 1.29 is 14.3 Å². The van der Waals surface area contributed by atoms with E-state index in [0.29, 0.717) is 26.0 Å². The third-order valence-corrected chi connectivity index (χ3v) is 3.24. The zero-order chi connectivity index (χ0) is 15.1. The van der Waals surface area contributed by atoms with Crippen LogP contribution in [-0.4, -0.2) is 42.1 Å². The molecule has 2 rings (SSSR count). The summed E-state index contributed by atoms with van der Waals surface area (Å²) in [6.07, 6.45) is 3.47. The van der Waals surface area contributed by atoms with Gasteiger partial charge in [0.05, 0.1) is 6.61 Å². The Bertz CT molecular complexity index is 474. The number of amides is 2. The second kappa shape index (κ2) is 7.73. The highest BCUT2D eigenvalue weighted by molar-refractivity contribution is 5.90. The smallest absolute Gasteiger partial charge is 0.252 e. The number of aromatic nitrogens is 1. The minimum atomic E-state index is -0.490. The summed E-state index contributed by atoms with van der Waals surface area (Å²) in [7, 11) is 0. The molecule has 2 amide bonds. The molecule has 2 N–H and O–H groups in total. The predicted octanol–water partition coefficient (Wildman–Crippen LogP) is 0.424. The van der Waals surface area contributed by atoms with E-state index in [2.05, 4.69) is 15.6 Å². The molecule has 0 bridgehead atoms. The van der Waals surface area contributed by atoms with Crippen molar-refractivity contribution in [1.29, 1.82) is 0 Å². The highest BCUT2D eigenvalue weighted by atomic mass is 16.6. The van der Waals surface area contributed by atoms with E-state index >= 15 is 0 Å². The summed E-state index contributed by atoms with van der Waals surface area (Å²) in [6, 6.07) is 5.20. The molecule has 1 aliphatic heterocycles. The van der Waals surface area contributed by atoms with Gasteiger partial charge < -0.3 is 15.4 Å². The molecule has 0 saturated carbocycles. The normalized spacial score (nSPS) is 17.9. The number of rotatable bonds is 8. The van der Waals surface area contributed by atoms with Crippen LogP contribution < -0.4 is 10.6 Å². The maximum atomic E-state index is 12.1. The predicted molar refractivity (Wildman–Crippen MR) is 77.5 cm³/mol. The Morgan fingerprint density at radius 3 is 2.90 bits per heavy atom. The Labute approximate surface area is 124 Å². The quantitative estimate of drug-likeness (QED) is 0.680. The largest absolute Gasteiger partial charge is 0.363 e. The van der Waals surface area contributed by atoms with Crippen molar-refractivity contribution in [2.45, 2.75) is 38.3 Å². The summed E-state index contributed by atoms with van der Waals surface area (Å²) >= 11 is 0. The average molecular weight is 291 g/mol. The molecule has 1 unspecified atom stereocenters. The number of carbonyl (C=O) groups excluding carboxylic acids is 2. The second-order valence-corrected chi connectivity index (χ2v) is 5.03. The van der Waals surface area contributed by atoms with E-state index in [1.54, 1.807) is 6.20 Å². The third-order valence-electron chi connectivity index (χ3n) is 3.24. The number of carbonyl (C=O) groups is 2. The van der Waals surface area contributed by atoms with Gasteiger partial charge in [0.1, 0.15) is 6.04 Å². The standard InChI is InChI=1S/C15H21N3O3/c1-2-5-12(18-15(20)13-10-21-13)14(19)17-9-7-11-6-3-4-8-16-11/h3-4,6,8,12-13H,2,5,7,9-10H2,1H3,(H,17,19)(H,18,20)/t12-,13?/m0/s1. The van der Waals surface area contributed by atoms with E-state index in [1.165, 1.54) is 0 Å². The van der Waals surface area contributed by atoms with E-state index in [-0.39, 0.29) is 17.9 Å². The first-order valence-corrected chi connectivity index (χ1v) is 7.30. The Kier molecular flexibility index (Phi) is 5.68. The van der Waals surface area contributed by atoms with Crippen LogP contribution in [-0.2, 0) is 20.7 Å². The van der Waals surface area contributed by atoms with Crippen LogP contribution in [0.15, 0.2) is 24.4 Å². The fraction of sp³-hybridized carbons (Fsp3) is 0.533. The summed E-state index contributed by atoms with van der Waals surface area (Å²) in [5, 5.41) is 5.58. The molecule has 0 spiro atoms. The number of hydrogen-bond acceptors (Lipinski definition) is 4. The summed E-state index contributed by atoms with van der Waals surface area (Å²) in [5.74, 6) is -0.352. The van der Waals surface area contributed by atoms with Gasteiger partial charge in [0, 0.05) is 24.9 Å². The van der Waals surface area contributed by atoms with Gasteiger partial charge in [-0.05, 0) is 18.6 Å². The molecule has 1 fully saturated rings. The van der Waals surface area contributed by atoms with Crippen molar-refractivity contribution in [2.24, 2.45) is 0 Å². The van der Waals surface area contributed by atoms with Gasteiger partial charge in [0.2, 0.25) is 5.91 Å². The average Bonchev–Trinajstić information content (AvgIpc) is 3.32. The van der Waals surface area contributed by atoms with Gasteiger partial charge in [-0.25, -0.2) is 0 Å². The van der Waals surface area contributed by atoms with Crippen molar-refractivity contribution in [3.8, 4) is 0 Å². The highest BCUT2D eigenvalue weighted by Gasteiger charge is 2.33. The first kappa shape index (κ1) is 15.4. The van der Waals surface area contributed by atoms with Crippen LogP contribution in [0.25, 0.3) is 0 Å². The fourth-order valence-corrected chi connectivity index (χ4v) is 2.00.